The minimum Gasteiger partial charge on any atom is -0.343 e. The van der Waals surface area contributed by atoms with Crippen LogP contribution in [-0.2, 0) is 9.59 Å². The summed E-state index contributed by atoms with van der Waals surface area (Å²) in [6, 6.07) is 9.54. The van der Waals surface area contributed by atoms with E-state index < -0.39 is 0 Å². The third-order valence-electron chi connectivity index (χ3n) is 3.62. The number of carbonyl (C=O) groups excluding carboxylic acids is 2. The molecule has 0 radical (unpaired) electrons. The fourth-order valence-electron chi connectivity index (χ4n) is 2.52. The highest BCUT2D eigenvalue weighted by molar-refractivity contribution is 6.00. The number of hydrogen-bond acceptors (Lipinski definition) is 2. The van der Waals surface area contributed by atoms with Crippen molar-refractivity contribution in [3.63, 3.8) is 0 Å². The summed E-state index contributed by atoms with van der Waals surface area (Å²) in [4.78, 5) is 27.8. The average molecular weight is 260 g/mol. The largest absolute Gasteiger partial charge is 0.343 e. The predicted octanol–water partition coefficient (Wildman–Crippen LogP) is 1.91. The molecule has 1 aliphatic rings. The molecule has 1 aromatic rings. The van der Waals surface area contributed by atoms with Crippen LogP contribution in [-0.4, -0.2) is 36.3 Å². The molecular weight excluding hydrogens is 240 g/mol. The first-order valence-corrected chi connectivity index (χ1v) is 6.81. The zero-order valence-electron chi connectivity index (χ0n) is 11.5. The third-order valence-corrected chi connectivity index (χ3v) is 3.62. The van der Waals surface area contributed by atoms with Crippen molar-refractivity contribution in [2.24, 2.45) is 5.92 Å². The summed E-state index contributed by atoms with van der Waals surface area (Å²) in [6.07, 6.45) is 0.324. The van der Waals surface area contributed by atoms with E-state index in [-0.39, 0.29) is 17.7 Å². The standard InChI is InChI=1S/C15H20N2O2/c1-3-16(4-2)15(19)12-10-14(18)17(11-12)13-8-6-5-7-9-13/h5-9,12H,3-4,10-11H2,1-2H3. The Bertz CT molecular complexity index is 454. The van der Waals surface area contributed by atoms with Gasteiger partial charge in [0.15, 0.2) is 0 Å². The van der Waals surface area contributed by atoms with Crippen molar-refractivity contribution in [3.8, 4) is 0 Å². The SMILES string of the molecule is CCN(CC)C(=O)C1CC(=O)N(c2ccccc2)C1. The maximum atomic E-state index is 12.3. The molecule has 0 aliphatic carbocycles. The lowest BCUT2D eigenvalue weighted by molar-refractivity contribution is -0.135. The zero-order chi connectivity index (χ0) is 13.8. The summed E-state index contributed by atoms with van der Waals surface area (Å²) >= 11 is 0. The van der Waals surface area contributed by atoms with Crippen LogP contribution in [0, 0.1) is 5.92 Å². The van der Waals surface area contributed by atoms with E-state index in [2.05, 4.69) is 0 Å². The molecule has 1 heterocycles. The van der Waals surface area contributed by atoms with Gasteiger partial charge in [0.05, 0.1) is 5.92 Å². The Labute approximate surface area is 114 Å². The summed E-state index contributed by atoms with van der Waals surface area (Å²) < 4.78 is 0. The summed E-state index contributed by atoms with van der Waals surface area (Å²) in [6.45, 7) is 5.83. The molecule has 1 unspecified atom stereocenters. The maximum absolute atomic E-state index is 12.3. The van der Waals surface area contributed by atoms with E-state index in [1.54, 1.807) is 9.80 Å². The molecule has 4 heteroatoms. The van der Waals surface area contributed by atoms with E-state index in [0.29, 0.717) is 26.1 Å². The lowest BCUT2D eigenvalue weighted by Gasteiger charge is -2.22. The van der Waals surface area contributed by atoms with Crippen molar-refractivity contribution < 1.29 is 9.59 Å². The van der Waals surface area contributed by atoms with E-state index in [0.717, 1.165) is 5.69 Å². The van der Waals surface area contributed by atoms with Gasteiger partial charge in [-0.05, 0) is 26.0 Å². The van der Waals surface area contributed by atoms with Crippen LogP contribution in [0.4, 0.5) is 5.69 Å². The quantitative estimate of drug-likeness (QED) is 0.829. The van der Waals surface area contributed by atoms with Crippen LogP contribution in [0.3, 0.4) is 0 Å². The van der Waals surface area contributed by atoms with Gasteiger partial charge in [-0.3, -0.25) is 9.59 Å². The lowest BCUT2D eigenvalue weighted by Crippen LogP contribution is -2.37. The smallest absolute Gasteiger partial charge is 0.227 e. The van der Waals surface area contributed by atoms with Crippen LogP contribution < -0.4 is 4.90 Å². The van der Waals surface area contributed by atoms with Crippen molar-refractivity contribution in [1.29, 1.82) is 0 Å². The molecule has 0 spiro atoms. The van der Waals surface area contributed by atoms with Crippen LogP contribution in [0.25, 0.3) is 0 Å². The van der Waals surface area contributed by atoms with Crippen LogP contribution >= 0.6 is 0 Å². The van der Waals surface area contributed by atoms with E-state index in [4.69, 9.17) is 0 Å². The molecule has 2 amide bonds. The highest BCUT2D eigenvalue weighted by Gasteiger charge is 2.36. The highest BCUT2D eigenvalue weighted by Crippen LogP contribution is 2.25. The number of para-hydroxylation sites is 1. The van der Waals surface area contributed by atoms with Gasteiger partial charge in [-0.2, -0.15) is 0 Å². The second-order valence-electron chi connectivity index (χ2n) is 4.75. The minimum atomic E-state index is -0.201. The third kappa shape index (κ3) is 2.78. The van der Waals surface area contributed by atoms with Crippen LogP contribution in [0.15, 0.2) is 30.3 Å². The summed E-state index contributed by atoms with van der Waals surface area (Å²) in [5.41, 5.74) is 0.877. The fourth-order valence-corrected chi connectivity index (χ4v) is 2.52. The van der Waals surface area contributed by atoms with Crippen LogP contribution in [0.1, 0.15) is 20.3 Å². The molecule has 0 saturated carbocycles. The van der Waals surface area contributed by atoms with Crippen molar-refractivity contribution in [2.75, 3.05) is 24.5 Å². The molecule has 0 aromatic heterocycles. The zero-order valence-corrected chi connectivity index (χ0v) is 11.5. The molecule has 1 atom stereocenters. The first kappa shape index (κ1) is 13.6. The fraction of sp³-hybridized carbons (Fsp3) is 0.467. The van der Waals surface area contributed by atoms with Gasteiger partial charge in [0.1, 0.15) is 0 Å². The number of benzene rings is 1. The highest BCUT2D eigenvalue weighted by atomic mass is 16.2. The summed E-state index contributed by atoms with van der Waals surface area (Å²) in [5.74, 6) is -0.0684. The molecule has 2 rings (SSSR count). The number of rotatable bonds is 4. The van der Waals surface area contributed by atoms with Gasteiger partial charge < -0.3 is 9.80 Å². The van der Waals surface area contributed by atoms with Crippen LogP contribution in [0.5, 0.6) is 0 Å². The molecule has 0 bridgehead atoms. The Kier molecular flexibility index (Phi) is 4.20. The Morgan fingerprint density at radius 1 is 1.26 bits per heavy atom. The van der Waals surface area contributed by atoms with E-state index in [1.807, 2.05) is 44.2 Å². The second kappa shape index (κ2) is 5.87. The Balaban J connectivity index is 2.09. The van der Waals surface area contributed by atoms with Crippen molar-refractivity contribution in [2.45, 2.75) is 20.3 Å². The van der Waals surface area contributed by atoms with E-state index in [1.165, 1.54) is 0 Å². The Hall–Kier alpha value is -1.84. The topological polar surface area (TPSA) is 40.6 Å². The van der Waals surface area contributed by atoms with Crippen LogP contribution in [0.2, 0.25) is 0 Å². The summed E-state index contributed by atoms with van der Waals surface area (Å²) in [5, 5.41) is 0. The van der Waals surface area contributed by atoms with Gasteiger partial charge in [0, 0.05) is 31.7 Å². The van der Waals surface area contributed by atoms with Gasteiger partial charge in [0.2, 0.25) is 11.8 Å². The minimum absolute atomic E-state index is 0.0386. The number of anilines is 1. The van der Waals surface area contributed by atoms with Gasteiger partial charge in [-0.15, -0.1) is 0 Å². The normalized spacial score (nSPS) is 18.7. The van der Waals surface area contributed by atoms with Crippen molar-refractivity contribution in [3.05, 3.63) is 30.3 Å². The number of nitrogens with zero attached hydrogens (tertiary/aromatic N) is 2. The molecule has 1 saturated heterocycles. The molecule has 4 nitrogen and oxygen atoms in total. The molecule has 1 aromatic carbocycles. The first-order chi connectivity index (χ1) is 9.17. The number of amides is 2. The van der Waals surface area contributed by atoms with Gasteiger partial charge >= 0.3 is 0 Å². The molecule has 19 heavy (non-hydrogen) atoms. The maximum Gasteiger partial charge on any atom is 0.227 e. The predicted molar refractivity (Wildman–Crippen MR) is 74.8 cm³/mol. The van der Waals surface area contributed by atoms with Gasteiger partial charge in [-0.1, -0.05) is 18.2 Å². The monoisotopic (exact) mass is 260 g/mol. The molecule has 1 fully saturated rings. The number of carbonyl (C=O) groups is 2. The summed E-state index contributed by atoms with van der Waals surface area (Å²) in [7, 11) is 0. The van der Waals surface area contributed by atoms with Crippen molar-refractivity contribution in [1.82, 2.24) is 4.90 Å². The molecule has 1 aliphatic heterocycles. The molecule has 0 N–H and O–H groups in total. The number of hydrogen-bond donors (Lipinski definition) is 0. The van der Waals surface area contributed by atoms with E-state index in [9.17, 15) is 9.59 Å². The second-order valence-corrected chi connectivity index (χ2v) is 4.75. The Morgan fingerprint density at radius 3 is 2.47 bits per heavy atom. The Morgan fingerprint density at radius 2 is 1.89 bits per heavy atom. The average Bonchev–Trinajstić information content (AvgIpc) is 2.83. The van der Waals surface area contributed by atoms with Gasteiger partial charge in [0.25, 0.3) is 0 Å². The van der Waals surface area contributed by atoms with Gasteiger partial charge in [-0.25, -0.2) is 0 Å². The molecular formula is C15H20N2O2. The van der Waals surface area contributed by atoms with E-state index >= 15 is 0 Å². The van der Waals surface area contributed by atoms with Crippen molar-refractivity contribution >= 4 is 17.5 Å². The lowest BCUT2D eigenvalue weighted by atomic mass is 10.1. The molecule has 102 valence electrons. The first-order valence-electron chi connectivity index (χ1n) is 6.81.